The highest BCUT2D eigenvalue weighted by Crippen LogP contribution is 2.58. The Kier molecular flexibility index (Phi) is 3.23. The van der Waals surface area contributed by atoms with Crippen molar-refractivity contribution in [2.75, 3.05) is 7.11 Å². The molecule has 0 radical (unpaired) electrons. The van der Waals surface area contributed by atoms with Gasteiger partial charge in [0.2, 0.25) is 0 Å². The first kappa shape index (κ1) is 11.9. The van der Waals surface area contributed by atoms with Gasteiger partial charge in [0.05, 0.1) is 7.11 Å². The smallest absolute Gasteiger partial charge is 0.118 e. The van der Waals surface area contributed by atoms with Gasteiger partial charge in [0.15, 0.2) is 0 Å². The maximum absolute atomic E-state index is 5.97. The first-order valence-electron chi connectivity index (χ1n) is 5.51. The Morgan fingerprint density at radius 1 is 1.06 bits per heavy atom. The number of methoxy groups -OCH3 is 1. The molecule has 2 rings (SSSR count). The van der Waals surface area contributed by atoms with Crippen LogP contribution in [0.25, 0.3) is 0 Å². The fourth-order valence-corrected chi connectivity index (χ4v) is 6.03. The molecular weight excluding hydrogens is 235 g/mol. The van der Waals surface area contributed by atoms with E-state index in [9.17, 15) is 0 Å². The van der Waals surface area contributed by atoms with Crippen molar-refractivity contribution in [3.63, 3.8) is 0 Å². The Morgan fingerprint density at radius 2 is 1.56 bits per heavy atom. The molecule has 0 fully saturated rings. The van der Waals surface area contributed by atoms with Gasteiger partial charge < -0.3 is 4.74 Å². The van der Waals surface area contributed by atoms with Crippen molar-refractivity contribution in [3.05, 3.63) is 36.4 Å². The van der Waals surface area contributed by atoms with Crippen molar-refractivity contribution >= 4 is 23.1 Å². The van der Waals surface area contributed by atoms with E-state index in [0.29, 0.717) is 11.3 Å². The van der Waals surface area contributed by atoms with Gasteiger partial charge in [0, 0.05) is 11.3 Å². The SMILES string of the molecule is COc1ccc(P2(=S)[C@H](C)C=C[C@@H]2C)cc1. The van der Waals surface area contributed by atoms with Crippen LogP contribution in [0.2, 0.25) is 0 Å². The molecule has 0 aliphatic carbocycles. The third-order valence-corrected chi connectivity index (χ3v) is 9.85. The van der Waals surface area contributed by atoms with Crippen LogP contribution in [-0.4, -0.2) is 18.4 Å². The van der Waals surface area contributed by atoms with Crippen LogP contribution in [-0.2, 0) is 11.8 Å². The summed E-state index contributed by atoms with van der Waals surface area (Å²) in [5.41, 5.74) is 1.04. The molecule has 1 aliphatic rings. The van der Waals surface area contributed by atoms with E-state index in [0.717, 1.165) is 5.75 Å². The molecular formula is C13H17OPS. The first-order valence-corrected chi connectivity index (χ1v) is 8.45. The minimum absolute atomic E-state index is 0.519. The summed E-state index contributed by atoms with van der Waals surface area (Å²) in [6.45, 7) is 4.48. The number of ether oxygens (including phenoxy) is 1. The number of hydrogen-bond acceptors (Lipinski definition) is 2. The van der Waals surface area contributed by atoms with Crippen molar-refractivity contribution in [1.29, 1.82) is 0 Å². The number of benzene rings is 1. The Balaban J connectivity index is 2.40. The molecule has 3 atom stereocenters. The van der Waals surface area contributed by atoms with E-state index in [1.807, 2.05) is 12.1 Å². The van der Waals surface area contributed by atoms with E-state index in [4.69, 9.17) is 16.5 Å². The van der Waals surface area contributed by atoms with Crippen LogP contribution in [0.5, 0.6) is 5.75 Å². The standard InChI is InChI=1S/C13H17OPS/c1-10-4-5-11(2)15(10,16)13-8-6-12(14-3)7-9-13/h4-11H,1-3H3/t10-,11+,15?. The first-order chi connectivity index (χ1) is 7.59. The average Bonchev–Trinajstić information content (AvgIpc) is 2.58. The maximum atomic E-state index is 5.97. The zero-order valence-electron chi connectivity index (χ0n) is 9.88. The topological polar surface area (TPSA) is 9.23 Å². The van der Waals surface area contributed by atoms with Crippen molar-refractivity contribution in [1.82, 2.24) is 0 Å². The van der Waals surface area contributed by atoms with Crippen molar-refractivity contribution in [2.24, 2.45) is 0 Å². The molecule has 1 unspecified atom stereocenters. The molecule has 1 aliphatic heterocycles. The highest BCUT2D eigenvalue weighted by Gasteiger charge is 2.33. The van der Waals surface area contributed by atoms with Gasteiger partial charge in [-0.3, -0.25) is 0 Å². The highest BCUT2D eigenvalue weighted by atomic mass is 32.4. The second-order valence-electron chi connectivity index (χ2n) is 4.27. The lowest BCUT2D eigenvalue weighted by Crippen LogP contribution is -2.16. The monoisotopic (exact) mass is 252 g/mol. The Labute approximate surface area is 103 Å². The molecule has 1 aromatic rings. The Hall–Kier alpha value is -0.590. The summed E-state index contributed by atoms with van der Waals surface area (Å²) in [7, 11) is 1.69. The number of hydrogen-bond donors (Lipinski definition) is 0. The van der Waals surface area contributed by atoms with E-state index in [-0.39, 0.29) is 0 Å². The van der Waals surface area contributed by atoms with Crippen molar-refractivity contribution in [3.8, 4) is 5.75 Å². The molecule has 0 bridgehead atoms. The maximum Gasteiger partial charge on any atom is 0.118 e. The predicted octanol–water partition coefficient (Wildman–Crippen LogP) is 3.15. The van der Waals surface area contributed by atoms with E-state index < -0.39 is 6.04 Å². The summed E-state index contributed by atoms with van der Waals surface area (Å²) in [6.07, 6.45) is 4.55. The Morgan fingerprint density at radius 3 is 2.00 bits per heavy atom. The van der Waals surface area contributed by atoms with Gasteiger partial charge in [0.25, 0.3) is 0 Å². The van der Waals surface area contributed by atoms with Crippen LogP contribution >= 0.6 is 6.04 Å². The van der Waals surface area contributed by atoms with E-state index in [2.05, 4.69) is 38.1 Å². The molecule has 16 heavy (non-hydrogen) atoms. The molecule has 3 heteroatoms. The summed E-state index contributed by atoms with van der Waals surface area (Å²) in [5, 5.41) is 1.33. The third kappa shape index (κ3) is 1.74. The lowest BCUT2D eigenvalue weighted by Gasteiger charge is -2.26. The van der Waals surface area contributed by atoms with Gasteiger partial charge >= 0.3 is 0 Å². The molecule has 0 N–H and O–H groups in total. The highest BCUT2D eigenvalue weighted by molar-refractivity contribution is 8.19. The zero-order valence-corrected chi connectivity index (χ0v) is 11.6. The summed E-state index contributed by atoms with van der Waals surface area (Å²) in [4.78, 5) is 0. The van der Waals surface area contributed by atoms with Crippen molar-refractivity contribution < 1.29 is 4.74 Å². The lowest BCUT2D eigenvalue weighted by atomic mass is 10.3. The van der Waals surface area contributed by atoms with Crippen LogP contribution < -0.4 is 10.0 Å². The summed E-state index contributed by atoms with van der Waals surface area (Å²) < 4.78 is 5.18. The molecule has 0 amide bonds. The summed E-state index contributed by atoms with van der Waals surface area (Å²) in [5.74, 6) is 0.901. The van der Waals surface area contributed by atoms with Crippen molar-refractivity contribution in [2.45, 2.75) is 25.2 Å². The van der Waals surface area contributed by atoms with Crippen LogP contribution in [0.1, 0.15) is 13.8 Å². The fourth-order valence-electron chi connectivity index (χ4n) is 2.23. The van der Waals surface area contributed by atoms with E-state index >= 15 is 0 Å². The molecule has 1 heterocycles. The molecule has 0 saturated heterocycles. The largest absolute Gasteiger partial charge is 0.497 e. The van der Waals surface area contributed by atoms with Crippen LogP contribution in [0, 0.1) is 0 Å². The average molecular weight is 252 g/mol. The number of allylic oxidation sites excluding steroid dienone is 2. The van der Waals surface area contributed by atoms with Gasteiger partial charge in [-0.25, -0.2) is 0 Å². The summed E-state index contributed by atoms with van der Waals surface area (Å²) in [6, 6.07) is 6.84. The summed E-state index contributed by atoms with van der Waals surface area (Å²) >= 11 is 5.97. The van der Waals surface area contributed by atoms with E-state index in [1.165, 1.54) is 5.30 Å². The zero-order chi connectivity index (χ0) is 11.8. The molecule has 0 saturated carbocycles. The van der Waals surface area contributed by atoms with Crippen LogP contribution in [0.3, 0.4) is 0 Å². The minimum atomic E-state index is -1.47. The normalized spacial score (nSPS) is 32.9. The van der Waals surface area contributed by atoms with Gasteiger partial charge in [-0.15, -0.1) is 0 Å². The molecule has 1 nitrogen and oxygen atoms in total. The quantitative estimate of drug-likeness (QED) is 0.590. The minimum Gasteiger partial charge on any atom is -0.497 e. The molecule has 86 valence electrons. The Bertz CT molecular complexity index is 434. The molecule has 0 spiro atoms. The van der Waals surface area contributed by atoms with E-state index in [1.54, 1.807) is 7.11 Å². The second kappa shape index (κ2) is 4.35. The molecule has 0 aromatic heterocycles. The van der Waals surface area contributed by atoms with Gasteiger partial charge in [-0.05, 0) is 23.5 Å². The van der Waals surface area contributed by atoms with Crippen LogP contribution in [0.4, 0.5) is 0 Å². The number of rotatable bonds is 2. The lowest BCUT2D eigenvalue weighted by molar-refractivity contribution is 0.415. The van der Waals surface area contributed by atoms with Gasteiger partial charge in [0.1, 0.15) is 5.75 Å². The van der Waals surface area contributed by atoms with Gasteiger partial charge in [-0.1, -0.05) is 49.9 Å². The second-order valence-corrected chi connectivity index (χ2v) is 9.65. The van der Waals surface area contributed by atoms with Crippen LogP contribution in [0.15, 0.2) is 36.4 Å². The fraction of sp³-hybridized carbons (Fsp3) is 0.385. The third-order valence-electron chi connectivity index (χ3n) is 3.35. The molecule has 1 aromatic carbocycles. The predicted molar refractivity (Wildman–Crippen MR) is 75.0 cm³/mol. The van der Waals surface area contributed by atoms with Gasteiger partial charge in [-0.2, -0.15) is 0 Å².